The van der Waals surface area contributed by atoms with E-state index >= 15 is 0 Å². The van der Waals surface area contributed by atoms with Crippen LogP contribution in [0.4, 0.5) is 0 Å². The minimum atomic E-state index is 0.395. The second kappa shape index (κ2) is 5.16. The van der Waals surface area contributed by atoms with Gasteiger partial charge < -0.3 is 10.1 Å². The number of hydrogen-bond donors (Lipinski definition) is 1. The zero-order valence-electron chi connectivity index (χ0n) is 12.1. The van der Waals surface area contributed by atoms with Crippen molar-refractivity contribution in [1.29, 1.82) is 0 Å². The Morgan fingerprint density at radius 2 is 2.11 bits per heavy atom. The molecule has 104 valence electrons. The monoisotopic (exact) mass is 259 g/mol. The summed E-state index contributed by atoms with van der Waals surface area (Å²) in [6.07, 6.45) is 6.82. The van der Waals surface area contributed by atoms with Crippen molar-refractivity contribution in [3.8, 4) is 5.75 Å². The van der Waals surface area contributed by atoms with Gasteiger partial charge in [-0.3, -0.25) is 0 Å². The van der Waals surface area contributed by atoms with Crippen LogP contribution in [-0.4, -0.2) is 18.7 Å². The highest BCUT2D eigenvalue weighted by molar-refractivity contribution is 5.37. The average molecular weight is 259 g/mol. The molecule has 3 rings (SSSR count). The molecular weight excluding hydrogens is 234 g/mol. The van der Waals surface area contributed by atoms with Crippen LogP contribution in [0.3, 0.4) is 0 Å². The largest absolute Gasteiger partial charge is 0.490 e. The molecule has 0 radical (unpaired) electrons. The minimum Gasteiger partial charge on any atom is -0.490 e. The molecule has 1 atom stereocenters. The van der Waals surface area contributed by atoms with Crippen molar-refractivity contribution in [2.75, 3.05) is 6.54 Å². The molecule has 2 heteroatoms. The Morgan fingerprint density at radius 1 is 1.32 bits per heavy atom. The summed E-state index contributed by atoms with van der Waals surface area (Å²) in [5.41, 5.74) is 1.88. The molecule has 0 saturated heterocycles. The predicted molar refractivity (Wildman–Crippen MR) is 78.6 cm³/mol. The molecule has 1 aliphatic heterocycles. The van der Waals surface area contributed by atoms with Crippen LogP contribution >= 0.6 is 0 Å². The van der Waals surface area contributed by atoms with E-state index in [-0.39, 0.29) is 0 Å². The zero-order chi connectivity index (χ0) is 13.3. The molecule has 1 saturated carbocycles. The van der Waals surface area contributed by atoms with Crippen LogP contribution in [0.25, 0.3) is 0 Å². The minimum absolute atomic E-state index is 0.395. The lowest BCUT2D eigenvalue weighted by atomic mass is 9.65. The molecule has 1 N–H and O–H groups in total. The van der Waals surface area contributed by atoms with Gasteiger partial charge in [-0.05, 0) is 36.3 Å². The first kappa shape index (κ1) is 13.0. The van der Waals surface area contributed by atoms with Gasteiger partial charge in [-0.2, -0.15) is 0 Å². The van der Waals surface area contributed by atoms with Crippen molar-refractivity contribution in [2.24, 2.45) is 5.41 Å². The average Bonchev–Trinajstić information content (AvgIpc) is 2.74. The van der Waals surface area contributed by atoms with Crippen molar-refractivity contribution in [1.82, 2.24) is 5.32 Å². The molecular formula is C17H25NO. The summed E-state index contributed by atoms with van der Waals surface area (Å²) < 4.78 is 6.12. The second-order valence-corrected chi connectivity index (χ2v) is 6.64. The van der Waals surface area contributed by atoms with E-state index in [0.717, 1.165) is 18.7 Å². The Hall–Kier alpha value is -1.02. The summed E-state index contributed by atoms with van der Waals surface area (Å²) in [7, 11) is 0. The number of hydrogen-bond acceptors (Lipinski definition) is 2. The molecule has 0 bridgehead atoms. The quantitative estimate of drug-likeness (QED) is 0.873. The van der Waals surface area contributed by atoms with Crippen molar-refractivity contribution >= 4 is 0 Å². The van der Waals surface area contributed by atoms with Gasteiger partial charge in [-0.1, -0.05) is 38.5 Å². The van der Waals surface area contributed by atoms with Crippen LogP contribution in [0.1, 0.15) is 45.1 Å². The zero-order valence-corrected chi connectivity index (χ0v) is 12.1. The van der Waals surface area contributed by atoms with Gasteiger partial charge >= 0.3 is 0 Å². The van der Waals surface area contributed by atoms with Crippen molar-refractivity contribution in [3.63, 3.8) is 0 Å². The van der Waals surface area contributed by atoms with Crippen LogP contribution in [0, 0.1) is 5.41 Å². The van der Waals surface area contributed by atoms with E-state index in [4.69, 9.17) is 4.74 Å². The van der Waals surface area contributed by atoms with Crippen LogP contribution < -0.4 is 10.1 Å². The number of fused-ring (bicyclic) bond motifs is 1. The number of rotatable bonds is 5. The van der Waals surface area contributed by atoms with Gasteiger partial charge in [-0.25, -0.2) is 0 Å². The van der Waals surface area contributed by atoms with Crippen LogP contribution in [0.5, 0.6) is 5.75 Å². The number of benzene rings is 1. The lowest BCUT2D eigenvalue weighted by Crippen LogP contribution is -2.44. The van der Waals surface area contributed by atoms with Crippen molar-refractivity contribution in [2.45, 2.75) is 58.1 Å². The number of nitrogens with one attached hydrogen (secondary N) is 1. The highest BCUT2D eigenvalue weighted by atomic mass is 16.5. The molecule has 1 aliphatic carbocycles. The van der Waals surface area contributed by atoms with E-state index in [1.807, 2.05) is 0 Å². The maximum Gasteiger partial charge on any atom is 0.123 e. The first-order chi connectivity index (χ1) is 9.17. The second-order valence-electron chi connectivity index (χ2n) is 6.64. The Balaban J connectivity index is 1.59. The summed E-state index contributed by atoms with van der Waals surface area (Å²) in [5, 5.41) is 3.63. The maximum atomic E-state index is 6.12. The number of ether oxygens (including phenoxy) is 1. The molecule has 1 unspecified atom stereocenters. The third kappa shape index (κ3) is 2.79. The normalized spacial score (nSPS) is 23.8. The fraction of sp³-hybridized carbons (Fsp3) is 0.647. The Bertz CT molecular complexity index is 412. The Kier molecular flexibility index (Phi) is 3.53. The fourth-order valence-corrected chi connectivity index (χ4v) is 3.40. The van der Waals surface area contributed by atoms with Crippen molar-refractivity contribution in [3.05, 3.63) is 29.8 Å². The third-order valence-electron chi connectivity index (χ3n) is 4.67. The smallest absolute Gasteiger partial charge is 0.123 e. The standard InChI is InChI=1S/C17H25NO/c1-13(2)18-12-17(8-5-9-17)11-15-10-14-6-3-4-7-16(14)19-15/h3-4,6-7,13,15,18H,5,8-12H2,1-2H3. The lowest BCUT2D eigenvalue weighted by molar-refractivity contribution is 0.0590. The molecule has 0 spiro atoms. The Labute approximate surface area is 116 Å². The molecule has 0 amide bonds. The van der Waals surface area contributed by atoms with Crippen LogP contribution in [0.2, 0.25) is 0 Å². The molecule has 1 aromatic carbocycles. The van der Waals surface area contributed by atoms with Gasteiger partial charge in [0.05, 0.1) is 0 Å². The molecule has 1 fully saturated rings. The first-order valence-corrected chi connectivity index (χ1v) is 7.65. The first-order valence-electron chi connectivity index (χ1n) is 7.65. The molecule has 1 aromatic rings. The molecule has 0 aromatic heterocycles. The lowest BCUT2D eigenvalue weighted by Gasteiger charge is -2.44. The summed E-state index contributed by atoms with van der Waals surface area (Å²) in [6, 6.07) is 9.08. The summed E-state index contributed by atoms with van der Waals surface area (Å²) in [5.74, 6) is 1.11. The van der Waals surface area contributed by atoms with Gasteiger partial charge in [0, 0.05) is 19.0 Å². The molecule has 2 aliphatic rings. The Morgan fingerprint density at radius 3 is 2.74 bits per heavy atom. The van der Waals surface area contributed by atoms with E-state index in [1.54, 1.807) is 0 Å². The SMILES string of the molecule is CC(C)NCC1(CC2Cc3ccccc3O2)CCC1. The van der Waals surface area contributed by atoms with Gasteiger partial charge in [0.1, 0.15) is 11.9 Å². The topological polar surface area (TPSA) is 21.3 Å². The fourth-order valence-electron chi connectivity index (χ4n) is 3.40. The molecule has 2 nitrogen and oxygen atoms in total. The van der Waals surface area contributed by atoms with E-state index in [1.165, 1.54) is 31.2 Å². The third-order valence-corrected chi connectivity index (χ3v) is 4.67. The summed E-state index contributed by atoms with van der Waals surface area (Å²) in [6.45, 7) is 5.61. The van der Waals surface area contributed by atoms with E-state index in [9.17, 15) is 0 Å². The summed E-state index contributed by atoms with van der Waals surface area (Å²) >= 11 is 0. The van der Waals surface area contributed by atoms with Gasteiger partial charge in [-0.15, -0.1) is 0 Å². The molecule has 19 heavy (non-hydrogen) atoms. The van der Waals surface area contributed by atoms with Crippen molar-refractivity contribution < 1.29 is 4.74 Å². The van der Waals surface area contributed by atoms with E-state index in [2.05, 4.69) is 43.4 Å². The van der Waals surface area contributed by atoms with E-state index < -0.39 is 0 Å². The summed E-state index contributed by atoms with van der Waals surface area (Å²) in [4.78, 5) is 0. The highest BCUT2D eigenvalue weighted by Crippen LogP contribution is 2.46. The predicted octanol–water partition coefficient (Wildman–Crippen LogP) is 3.55. The number of para-hydroxylation sites is 1. The van der Waals surface area contributed by atoms with Gasteiger partial charge in [0.25, 0.3) is 0 Å². The van der Waals surface area contributed by atoms with E-state index in [0.29, 0.717) is 17.6 Å². The van der Waals surface area contributed by atoms with Gasteiger partial charge in [0.15, 0.2) is 0 Å². The maximum absolute atomic E-state index is 6.12. The molecule has 1 heterocycles. The highest BCUT2D eigenvalue weighted by Gasteiger charge is 2.40. The van der Waals surface area contributed by atoms with Gasteiger partial charge in [0.2, 0.25) is 0 Å². The van der Waals surface area contributed by atoms with Crippen LogP contribution in [-0.2, 0) is 6.42 Å². The van der Waals surface area contributed by atoms with Crippen LogP contribution in [0.15, 0.2) is 24.3 Å².